The van der Waals surface area contributed by atoms with Crippen LogP contribution in [0.3, 0.4) is 0 Å². The van der Waals surface area contributed by atoms with E-state index in [1.54, 1.807) is 10.9 Å². The fraction of sp³-hybridized carbons (Fsp3) is 0.458. The van der Waals surface area contributed by atoms with Crippen LogP contribution < -0.4 is 5.32 Å². The monoisotopic (exact) mass is 432 g/mol. The molecular weight excluding hydrogens is 404 g/mol. The van der Waals surface area contributed by atoms with Gasteiger partial charge < -0.3 is 10.2 Å². The number of amides is 2. The van der Waals surface area contributed by atoms with Crippen molar-refractivity contribution in [3.63, 3.8) is 0 Å². The molecule has 1 aliphatic heterocycles. The first kappa shape index (κ1) is 20.6. The van der Waals surface area contributed by atoms with E-state index in [2.05, 4.69) is 15.4 Å². The van der Waals surface area contributed by atoms with Gasteiger partial charge in [0.05, 0.1) is 16.6 Å². The van der Waals surface area contributed by atoms with E-state index in [0.29, 0.717) is 35.9 Å². The van der Waals surface area contributed by atoms with Gasteiger partial charge in [-0.2, -0.15) is 9.78 Å². The van der Waals surface area contributed by atoms with Crippen LogP contribution in [0.2, 0.25) is 0 Å². The van der Waals surface area contributed by atoms with Crippen molar-refractivity contribution >= 4 is 22.8 Å². The Morgan fingerprint density at radius 2 is 1.97 bits per heavy atom. The number of carbonyl (C=O) groups excluding carboxylic acids is 2. The molecule has 5 rings (SSSR count). The summed E-state index contributed by atoms with van der Waals surface area (Å²) in [4.78, 5) is 36.8. The molecule has 0 radical (unpaired) electrons. The molecule has 1 aliphatic carbocycles. The molecule has 166 valence electrons. The zero-order valence-corrected chi connectivity index (χ0v) is 18.4. The molecule has 2 aliphatic rings. The van der Waals surface area contributed by atoms with Crippen LogP contribution in [0.25, 0.3) is 16.9 Å². The van der Waals surface area contributed by atoms with Crippen LogP contribution in [0.4, 0.5) is 0 Å². The first-order chi connectivity index (χ1) is 15.6. The molecule has 0 aromatic carbocycles. The fourth-order valence-corrected chi connectivity index (χ4v) is 4.39. The highest BCUT2D eigenvalue weighted by molar-refractivity contribution is 6.07. The van der Waals surface area contributed by atoms with Crippen molar-refractivity contribution in [2.24, 2.45) is 0 Å². The summed E-state index contributed by atoms with van der Waals surface area (Å²) < 4.78 is 1.72. The third-order valence-electron chi connectivity index (χ3n) is 6.27. The normalized spacial score (nSPS) is 16.3. The van der Waals surface area contributed by atoms with Gasteiger partial charge in [0.15, 0.2) is 11.5 Å². The average molecular weight is 433 g/mol. The maximum absolute atomic E-state index is 13.2. The SMILES string of the molecule is Cc1nn(-c2ccccn2)c2nc(C3CC3)cc(C(=O)NCCC(=O)N3CCCCC3)c12. The molecule has 3 aromatic rings. The van der Waals surface area contributed by atoms with Gasteiger partial charge in [-0.15, -0.1) is 0 Å². The minimum Gasteiger partial charge on any atom is -0.351 e. The molecule has 3 aromatic heterocycles. The summed E-state index contributed by atoms with van der Waals surface area (Å²) in [6, 6.07) is 7.54. The highest BCUT2D eigenvalue weighted by Crippen LogP contribution is 2.40. The van der Waals surface area contributed by atoms with Crippen LogP contribution in [-0.4, -0.2) is 56.1 Å². The smallest absolute Gasteiger partial charge is 0.252 e. The topological polar surface area (TPSA) is 93.0 Å². The second kappa shape index (κ2) is 8.68. The Morgan fingerprint density at radius 3 is 2.69 bits per heavy atom. The van der Waals surface area contributed by atoms with E-state index in [-0.39, 0.29) is 11.8 Å². The Hall–Kier alpha value is -3.29. The number of likely N-dealkylation sites (tertiary alicyclic amines) is 1. The third-order valence-corrected chi connectivity index (χ3v) is 6.27. The van der Waals surface area contributed by atoms with Gasteiger partial charge in [0.1, 0.15) is 0 Å². The summed E-state index contributed by atoms with van der Waals surface area (Å²) >= 11 is 0. The molecule has 8 nitrogen and oxygen atoms in total. The van der Waals surface area contributed by atoms with Crippen LogP contribution in [0.1, 0.15) is 66.2 Å². The van der Waals surface area contributed by atoms with Gasteiger partial charge in [-0.25, -0.2) is 9.97 Å². The lowest BCUT2D eigenvalue weighted by Gasteiger charge is -2.26. The minimum absolute atomic E-state index is 0.114. The molecule has 0 atom stereocenters. The summed E-state index contributed by atoms with van der Waals surface area (Å²) in [5.41, 5.74) is 2.88. The lowest BCUT2D eigenvalue weighted by atomic mass is 10.1. The largest absolute Gasteiger partial charge is 0.351 e. The molecule has 0 unspecified atom stereocenters. The number of fused-ring (bicyclic) bond motifs is 1. The van der Waals surface area contributed by atoms with Crippen molar-refractivity contribution in [1.29, 1.82) is 0 Å². The van der Waals surface area contributed by atoms with E-state index in [4.69, 9.17) is 4.98 Å². The van der Waals surface area contributed by atoms with Gasteiger partial charge in [-0.1, -0.05) is 6.07 Å². The highest BCUT2D eigenvalue weighted by Gasteiger charge is 2.29. The van der Waals surface area contributed by atoms with Crippen LogP contribution >= 0.6 is 0 Å². The molecule has 0 bridgehead atoms. The van der Waals surface area contributed by atoms with Gasteiger partial charge in [0.2, 0.25) is 5.91 Å². The van der Waals surface area contributed by atoms with E-state index < -0.39 is 0 Å². The maximum atomic E-state index is 13.2. The molecule has 0 spiro atoms. The Labute approximate surface area is 187 Å². The lowest BCUT2D eigenvalue weighted by molar-refractivity contribution is -0.131. The number of nitrogens with one attached hydrogen (secondary N) is 1. The number of hydrogen-bond donors (Lipinski definition) is 1. The van der Waals surface area contributed by atoms with Crippen molar-refractivity contribution in [3.05, 3.63) is 47.4 Å². The van der Waals surface area contributed by atoms with Crippen molar-refractivity contribution in [1.82, 2.24) is 30.0 Å². The standard InChI is InChI=1S/C24H28N6O2/c1-16-22-18(24(32)26-12-10-21(31)29-13-5-2-6-14-29)15-19(17-8-9-17)27-23(22)30(28-16)20-7-3-4-11-25-20/h3-4,7,11,15,17H,2,5-6,8-10,12-14H2,1H3,(H,26,32). The van der Waals surface area contributed by atoms with Crippen molar-refractivity contribution in [2.45, 2.75) is 51.4 Å². The number of nitrogens with zero attached hydrogens (tertiary/aromatic N) is 5. The van der Waals surface area contributed by atoms with Gasteiger partial charge in [0.25, 0.3) is 5.91 Å². The number of hydrogen-bond acceptors (Lipinski definition) is 5. The molecule has 1 saturated carbocycles. The second-order valence-electron chi connectivity index (χ2n) is 8.70. The summed E-state index contributed by atoms with van der Waals surface area (Å²) in [6.07, 6.45) is 7.53. The van der Waals surface area contributed by atoms with Gasteiger partial charge in [-0.05, 0) is 57.2 Å². The Bertz CT molecular complexity index is 1150. The number of pyridine rings is 2. The Morgan fingerprint density at radius 1 is 1.16 bits per heavy atom. The van der Waals surface area contributed by atoms with Gasteiger partial charge >= 0.3 is 0 Å². The highest BCUT2D eigenvalue weighted by atomic mass is 16.2. The molecule has 8 heteroatoms. The second-order valence-corrected chi connectivity index (χ2v) is 8.70. The van der Waals surface area contributed by atoms with E-state index in [1.807, 2.05) is 36.1 Å². The lowest BCUT2D eigenvalue weighted by Crippen LogP contribution is -2.37. The quantitative estimate of drug-likeness (QED) is 0.646. The van der Waals surface area contributed by atoms with Gasteiger partial charge in [0, 0.05) is 43.9 Å². The van der Waals surface area contributed by atoms with Crippen molar-refractivity contribution < 1.29 is 9.59 Å². The number of carbonyl (C=O) groups is 2. The summed E-state index contributed by atoms with van der Waals surface area (Å²) in [7, 11) is 0. The molecule has 32 heavy (non-hydrogen) atoms. The molecule has 1 saturated heterocycles. The number of aryl methyl sites for hydroxylation is 1. The average Bonchev–Trinajstić information content (AvgIpc) is 3.63. The first-order valence-electron chi connectivity index (χ1n) is 11.5. The number of rotatable bonds is 6. The minimum atomic E-state index is -0.186. The summed E-state index contributed by atoms with van der Waals surface area (Å²) in [6.45, 7) is 3.86. The van der Waals surface area contributed by atoms with Crippen molar-refractivity contribution in [3.8, 4) is 5.82 Å². The van der Waals surface area contributed by atoms with Crippen LogP contribution in [0.5, 0.6) is 0 Å². The molecule has 2 amide bonds. The fourth-order valence-electron chi connectivity index (χ4n) is 4.39. The summed E-state index contributed by atoms with van der Waals surface area (Å²) in [5, 5.41) is 8.34. The maximum Gasteiger partial charge on any atom is 0.252 e. The Kier molecular flexibility index (Phi) is 5.59. The number of piperidine rings is 1. The Balaban J connectivity index is 1.40. The molecule has 2 fully saturated rings. The van der Waals surface area contributed by atoms with Crippen LogP contribution in [0.15, 0.2) is 30.5 Å². The van der Waals surface area contributed by atoms with E-state index in [1.165, 1.54) is 6.42 Å². The zero-order valence-electron chi connectivity index (χ0n) is 18.4. The predicted octanol–water partition coefficient (Wildman–Crippen LogP) is 3.13. The third kappa shape index (κ3) is 4.09. The van der Waals surface area contributed by atoms with E-state index in [9.17, 15) is 9.59 Å². The van der Waals surface area contributed by atoms with Crippen molar-refractivity contribution in [2.75, 3.05) is 19.6 Å². The predicted molar refractivity (Wildman–Crippen MR) is 121 cm³/mol. The van der Waals surface area contributed by atoms with Crippen LogP contribution in [-0.2, 0) is 4.79 Å². The van der Waals surface area contributed by atoms with Crippen LogP contribution in [0, 0.1) is 6.92 Å². The van der Waals surface area contributed by atoms with E-state index >= 15 is 0 Å². The van der Waals surface area contributed by atoms with E-state index in [0.717, 1.165) is 55.5 Å². The van der Waals surface area contributed by atoms with Gasteiger partial charge in [-0.3, -0.25) is 9.59 Å². The molecule has 4 heterocycles. The number of aromatic nitrogens is 4. The summed E-state index contributed by atoms with van der Waals surface area (Å²) in [5.74, 6) is 0.987. The molecular formula is C24H28N6O2. The first-order valence-corrected chi connectivity index (χ1v) is 11.5. The zero-order chi connectivity index (χ0) is 22.1. The molecule has 1 N–H and O–H groups in total.